The zero-order valence-corrected chi connectivity index (χ0v) is 16.7. The molecule has 0 spiro atoms. The summed E-state index contributed by atoms with van der Waals surface area (Å²) in [6, 6.07) is 6.33. The Bertz CT molecular complexity index is 702. The van der Waals surface area contributed by atoms with Crippen molar-refractivity contribution in [1.29, 1.82) is 0 Å². The van der Waals surface area contributed by atoms with Crippen molar-refractivity contribution < 1.29 is 13.2 Å². The van der Waals surface area contributed by atoms with Gasteiger partial charge in [-0.1, -0.05) is 32.0 Å². The molecule has 1 saturated heterocycles. The lowest BCUT2D eigenvalue weighted by atomic mass is 10.0. The van der Waals surface area contributed by atoms with Crippen LogP contribution < -0.4 is 0 Å². The molecular formula is C20H31NO3S. The largest absolute Gasteiger partial charge is 0.343 e. The first-order valence-corrected chi connectivity index (χ1v) is 11.0. The number of carbonyl (C=O) groups excluding carboxylic acids is 1. The summed E-state index contributed by atoms with van der Waals surface area (Å²) in [5.74, 6) is 0.541. The average Bonchev–Trinajstić information content (AvgIpc) is 2.54. The summed E-state index contributed by atoms with van der Waals surface area (Å²) < 4.78 is 24.7. The summed E-state index contributed by atoms with van der Waals surface area (Å²) in [5, 5.41) is -0.279. The number of piperidine rings is 1. The summed E-state index contributed by atoms with van der Waals surface area (Å²) in [6.45, 7) is 9.16. The molecule has 0 aliphatic carbocycles. The van der Waals surface area contributed by atoms with Crippen molar-refractivity contribution in [2.45, 2.75) is 58.6 Å². The molecule has 4 nitrogen and oxygen atoms in total. The molecule has 5 heteroatoms. The Hall–Kier alpha value is -1.36. The summed E-state index contributed by atoms with van der Waals surface area (Å²) in [5.41, 5.74) is 3.70. The minimum absolute atomic E-state index is 0.137. The predicted molar refractivity (Wildman–Crippen MR) is 102 cm³/mol. The molecule has 1 aromatic carbocycles. The SMILES string of the molecule is Cc1ccc(CCC(=O)N2CCC(S(=O)(=O)CC(C)C)CC2)cc1C. The number of amides is 1. The molecule has 0 atom stereocenters. The first-order chi connectivity index (χ1) is 11.7. The highest BCUT2D eigenvalue weighted by molar-refractivity contribution is 7.92. The number of hydrogen-bond acceptors (Lipinski definition) is 3. The number of carbonyl (C=O) groups is 1. The Kier molecular flexibility index (Phi) is 6.66. The number of sulfone groups is 1. The molecule has 0 N–H and O–H groups in total. The first kappa shape index (κ1) is 20.0. The second-order valence-corrected chi connectivity index (χ2v) is 10.0. The van der Waals surface area contributed by atoms with Crippen LogP contribution in [0, 0.1) is 19.8 Å². The van der Waals surface area contributed by atoms with E-state index in [0.717, 1.165) is 6.42 Å². The van der Waals surface area contributed by atoms with Crippen molar-refractivity contribution in [2.75, 3.05) is 18.8 Å². The highest BCUT2D eigenvalue weighted by Gasteiger charge is 2.31. The zero-order chi connectivity index (χ0) is 18.6. The Morgan fingerprint density at radius 2 is 1.80 bits per heavy atom. The smallest absolute Gasteiger partial charge is 0.222 e. The fourth-order valence-corrected chi connectivity index (χ4v) is 5.56. The number of aryl methyl sites for hydroxylation is 3. The first-order valence-electron chi connectivity index (χ1n) is 9.24. The molecule has 2 rings (SSSR count). The van der Waals surface area contributed by atoms with Crippen LogP contribution >= 0.6 is 0 Å². The maximum Gasteiger partial charge on any atom is 0.222 e. The van der Waals surface area contributed by atoms with Gasteiger partial charge < -0.3 is 4.90 Å². The molecule has 0 radical (unpaired) electrons. The average molecular weight is 366 g/mol. The maximum absolute atomic E-state index is 12.4. The van der Waals surface area contributed by atoms with Gasteiger partial charge in [0.05, 0.1) is 11.0 Å². The topological polar surface area (TPSA) is 54.5 Å². The van der Waals surface area contributed by atoms with Crippen LogP contribution in [0.1, 0.15) is 49.8 Å². The number of benzene rings is 1. The van der Waals surface area contributed by atoms with E-state index in [-0.39, 0.29) is 22.8 Å². The Balaban J connectivity index is 1.84. The van der Waals surface area contributed by atoms with E-state index in [2.05, 4.69) is 32.0 Å². The number of hydrogen-bond donors (Lipinski definition) is 0. The van der Waals surface area contributed by atoms with Gasteiger partial charge in [-0.2, -0.15) is 0 Å². The lowest BCUT2D eigenvalue weighted by molar-refractivity contribution is -0.132. The molecule has 1 aliphatic rings. The summed E-state index contributed by atoms with van der Waals surface area (Å²) in [4.78, 5) is 14.3. The van der Waals surface area contributed by atoms with E-state index in [9.17, 15) is 13.2 Å². The van der Waals surface area contributed by atoms with Crippen molar-refractivity contribution >= 4 is 15.7 Å². The molecule has 1 aliphatic heterocycles. The molecule has 25 heavy (non-hydrogen) atoms. The van der Waals surface area contributed by atoms with Gasteiger partial charge in [-0.3, -0.25) is 4.79 Å². The molecule has 1 fully saturated rings. The van der Waals surface area contributed by atoms with Crippen molar-refractivity contribution in [3.63, 3.8) is 0 Å². The fraction of sp³-hybridized carbons (Fsp3) is 0.650. The van der Waals surface area contributed by atoms with Crippen LogP contribution in [0.5, 0.6) is 0 Å². The molecule has 1 aromatic rings. The highest BCUT2D eigenvalue weighted by atomic mass is 32.2. The fourth-order valence-electron chi connectivity index (χ4n) is 3.43. The minimum atomic E-state index is -3.03. The quantitative estimate of drug-likeness (QED) is 0.777. The number of nitrogens with zero attached hydrogens (tertiary/aromatic N) is 1. The van der Waals surface area contributed by atoms with Crippen LogP contribution in [0.4, 0.5) is 0 Å². The van der Waals surface area contributed by atoms with Crippen LogP contribution in [0.25, 0.3) is 0 Å². The normalized spacial score (nSPS) is 16.4. The Labute approximate surface area is 152 Å². The summed E-state index contributed by atoms with van der Waals surface area (Å²) in [7, 11) is -3.03. The second-order valence-electron chi connectivity index (χ2n) is 7.72. The van der Waals surface area contributed by atoms with E-state index >= 15 is 0 Å². The number of likely N-dealkylation sites (tertiary alicyclic amines) is 1. The van der Waals surface area contributed by atoms with E-state index in [0.29, 0.717) is 32.4 Å². The highest BCUT2D eigenvalue weighted by Crippen LogP contribution is 2.21. The molecule has 0 saturated carbocycles. The lowest BCUT2D eigenvalue weighted by Gasteiger charge is -2.32. The monoisotopic (exact) mass is 365 g/mol. The van der Waals surface area contributed by atoms with E-state index in [1.54, 1.807) is 0 Å². The Morgan fingerprint density at radius 3 is 2.36 bits per heavy atom. The predicted octanol–water partition coefficient (Wildman–Crippen LogP) is 3.30. The van der Waals surface area contributed by atoms with Gasteiger partial charge >= 0.3 is 0 Å². The molecular weight excluding hydrogens is 334 g/mol. The van der Waals surface area contributed by atoms with Crippen molar-refractivity contribution in [1.82, 2.24) is 4.90 Å². The molecule has 0 aromatic heterocycles. The minimum Gasteiger partial charge on any atom is -0.343 e. The molecule has 1 heterocycles. The van der Waals surface area contributed by atoms with Gasteiger partial charge in [0.15, 0.2) is 9.84 Å². The second kappa shape index (κ2) is 8.35. The van der Waals surface area contributed by atoms with Gasteiger partial charge in [0.1, 0.15) is 0 Å². The van der Waals surface area contributed by atoms with Crippen LogP contribution in [0.3, 0.4) is 0 Å². The van der Waals surface area contributed by atoms with Gasteiger partial charge in [0.25, 0.3) is 0 Å². The third kappa shape index (κ3) is 5.56. The van der Waals surface area contributed by atoms with Gasteiger partial charge in [0, 0.05) is 19.5 Å². The third-order valence-electron chi connectivity index (χ3n) is 5.07. The van der Waals surface area contributed by atoms with Crippen LogP contribution in [0.15, 0.2) is 18.2 Å². The van der Waals surface area contributed by atoms with Crippen LogP contribution in [0.2, 0.25) is 0 Å². The maximum atomic E-state index is 12.4. The van der Waals surface area contributed by atoms with E-state index < -0.39 is 9.84 Å². The van der Waals surface area contributed by atoms with Crippen LogP contribution in [-0.2, 0) is 21.1 Å². The van der Waals surface area contributed by atoms with Crippen molar-refractivity contribution in [3.05, 3.63) is 34.9 Å². The van der Waals surface area contributed by atoms with Gasteiger partial charge in [-0.15, -0.1) is 0 Å². The Morgan fingerprint density at radius 1 is 1.16 bits per heavy atom. The molecule has 140 valence electrons. The summed E-state index contributed by atoms with van der Waals surface area (Å²) in [6.07, 6.45) is 2.38. The standard InChI is InChI=1S/C20H31NO3S/c1-15(2)14-25(23,24)19-9-11-21(12-10-19)20(22)8-7-18-6-5-16(3)17(4)13-18/h5-6,13,15,19H,7-12,14H2,1-4H3. The van der Waals surface area contributed by atoms with E-state index in [4.69, 9.17) is 0 Å². The lowest BCUT2D eigenvalue weighted by Crippen LogP contribution is -2.43. The molecule has 0 bridgehead atoms. The van der Waals surface area contributed by atoms with Gasteiger partial charge in [-0.25, -0.2) is 8.42 Å². The summed E-state index contributed by atoms with van der Waals surface area (Å²) >= 11 is 0. The van der Waals surface area contributed by atoms with Gasteiger partial charge in [-0.05, 0) is 55.7 Å². The van der Waals surface area contributed by atoms with Gasteiger partial charge in [0.2, 0.25) is 5.91 Å². The van der Waals surface area contributed by atoms with Crippen LogP contribution in [-0.4, -0.2) is 43.3 Å². The van der Waals surface area contributed by atoms with E-state index in [1.165, 1.54) is 16.7 Å². The molecule has 1 amide bonds. The number of rotatable bonds is 6. The third-order valence-corrected chi connectivity index (χ3v) is 7.69. The van der Waals surface area contributed by atoms with Crippen molar-refractivity contribution in [3.8, 4) is 0 Å². The molecule has 0 unspecified atom stereocenters. The zero-order valence-electron chi connectivity index (χ0n) is 15.9. The van der Waals surface area contributed by atoms with Crippen molar-refractivity contribution in [2.24, 2.45) is 5.92 Å². The van der Waals surface area contributed by atoms with E-state index in [1.807, 2.05) is 18.7 Å².